The van der Waals surface area contributed by atoms with Crippen LogP contribution in [-0.2, 0) is 19.1 Å². The lowest BCUT2D eigenvalue weighted by Gasteiger charge is -2.20. The highest BCUT2D eigenvalue weighted by atomic mass is 16.6. The highest BCUT2D eigenvalue weighted by Gasteiger charge is 2.21. The van der Waals surface area contributed by atoms with Crippen LogP contribution in [0.2, 0.25) is 0 Å². The van der Waals surface area contributed by atoms with Gasteiger partial charge in [-0.1, -0.05) is 0 Å². The third-order valence-corrected chi connectivity index (χ3v) is 1.57. The number of hydrogen-bond acceptors (Lipinski definition) is 4. The van der Waals surface area contributed by atoms with E-state index in [2.05, 4.69) is 0 Å². The van der Waals surface area contributed by atoms with E-state index in [-0.39, 0.29) is 18.4 Å². The summed E-state index contributed by atoms with van der Waals surface area (Å²) in [7, 11) is 0. The summed E-state index contributed by atoms with van der Waals surface area (Å²) in [5.74, 6) is -3.22. The van der Waals surface area contributed by atoms with Crippen molar-refractivity contribution < 1.29 is 29.3 Å². The summed E-state index contributed by atoms with van der Waals surface area (Å²) in [5.41, 5.74) is -0.910. The average molecular weight is 244 g/mol. The summed E-state index contributed by atoms with van der Waals surface area (Å²) in [6.45, 7) is 4.92. The quantitative estimate of drug-likeness (QED) is 0.556. The van der Waals surface area contributed by atoms with Crippen molar-refractivity contribution in [3.8, 4) is 0 Å². The Hall–Kier alpha value is -1.85. The minimum atomic E-state index is -1.31. The van der Waals surface area contributed by atoms with Crippen molar-refractivity contribution in [1.82, 2.24) is 0 Å². The van der Waals surface area contributed by atoms with E-state index >= 15 is 0 Å². The van der Waals surface area contributed by atoms with Gasteiger partial charge in [-0.15, -0.1) is 0 Å². The number of aliphatic carboxylic acids is 2. The van der Waals surface area contributed by atoms with E-state index in [1.807, 2.05) is 0 Å². The van der Waals surface area contributed by atoms with Gasteiger partial charge >= 0.3 is 17.9 Å². The summed E-state index contributed by atoms with van der Waals surface area (Å²) in [5, 5.41) is 17.0. The fraction of sp³-hybridized carbons (Fsp3) is 0.545. The van der Waals surface area contributed by atoms with Crippen LogP contribution in [0.5, 0.6) is 0 Å². The van der Waals surface area contributed by atoms with E-state index in [1.54, 1.807) is 20.8 Å². The maximum atomic E-state index is 11.6. The number of carbonyl (C=O) groups excluding carboxylic acids is 1. The van der Waals surface area contributed by atoms with Crippen LogP contribution in [0.1, 0.15) is 33.6 Å². The summed E-state index contributed by atoms with van der Waals surface area (Å²) >= 11 is 0. The Morgan fingerprint density at radius 2 is 1.65 bits per heavy atom. The molecule has 0 saturated carbocycles. The largest absolute Gasteiger partial charge is 0.481 e. The molecule has 0 amide bonds. The predicted molar refractivity (Wildman–Crippen MR) is 58.4 cm³/mol. The second-order valence-electron chi connectivity index (χ2n) is 4.40. The lowest BCUT2D eigenvalue weighted by atomic mass is 10.1. The zero-order chi connectivity index (χ0) is 13.6. The zero-order valence-corrected chi connectivity index (χ0v) is 10.0. The molecule has 0 saturated heterocycles. The van der Waals surface area contributed by atoms with Crippen molar-refractivity contribution in [1.29, 1.82) is 0 Å². The van der Waals surface area contributed by atoms with E-state index in [4.69, 9.17) is 14.9 Å². The molecule has 6 nitrogen and oxygen atoms in total. The number of carboxylic acid groups (broad SMARTS) is 2. The fourth-order valence-electron chi connectivity index (χ4n) is 0.967. The van der Waals surface area contributed by atoms with Crippen LogP contribution in [0.3, 0.4) is 0 Å². The van der Waals surface area contributed by atoms with Crippen LogP contribution in [-0.4, -0.2) is 33.7 Å². The molecule has 0 aromatic heterocycles. The van der Waals surface area contributed by atoms with Gasteiger partial charge < -0.3 is 14.9 Å². The molecule has 0 aromatic rings. The Kier molecular flexibility index (Phi) is 5.37. The number of hydrogen-bond donors (Lipinski definition) is 2. The van der Waals surface area contributed by atoms with E-state index in [0.717, 1.165) is 0 Å². The molecular weight excluding hydrogens is 228 g/mol. The standard InChI is InChI=1S/C11H16O6/c1-11(2,3)17-10(16)7(6-9(14)15)4-5-8(12)13/h6H,4-5H2,1-3H3,(H,12,13)(H,14,15)/b7-6-. The maximum Gasteiger partial charge on any atom is 0.334 e. The molecule has 0 bridgehead atoms. The molecular formula is C11H16O6. The van der Waals surface area contributed by atoms with Crippen LogP contribution in [0.15, 0.2) is 11.6 Å². The molecule has 0 atom stereocenters. The van der Waals surface area contributed by atoms with Gasteiger partial charge in [0.15, 0.2) is 0 Å². The first kappa shape index (κ1) is 15.2. The van der Waals surface area contributed by atoms with Crippen molar-refractivity contribution in [3.63, 3.8) is 0 Å². The first-order valence-corrected chi connectivity index (χ1v) is 5.00. The first-order chi connectivity index (χ1) is 7.61. The Bertz CT molecular complexity index is 347. The van der Waals surface area contributed by atoms with Gasteiger partial charge in [-0.05, 0) is 27.2 Å². The highest BCUT2D eigenvalue weighted by Crippen LogP contribution is 2.14. The van der Waals surface area contributed by atoms with Gasteiger partial charge in [-0.3, -0.25) is 4.79 Å². The molecule has 0 aliphatic carbocycles. The van der Waals surface area contributed by atoms with Gasteiger partial charge in [0.1, 0.15) is 5.60 Å². The molecule has 17 heavy (non-hydrogen) atoms. The van der Waals surface area contributed by atoms with Crippen LogP contribution in [0.25, 0.3) is 0 Å². The highest BCUT2D eigenvalue weighted by molar-refractivity contribution is 5.96. The predicted octanol–water partition coefficient (Wildman–Crippen LogP) is 1.20. The molecule has 0 aliphatic heterocycles. The number of esters is 1. The second kappa shape index (κ2) is 6.03. The van der Waals surface area contributed by atoms with Gasteiger partial charge in [0.25, 0.3) is 0 Å². The van der Waals surface area contributed by atoms with Crippen molar-refractivity contribution in [2.24, 2.45) is 0 Å². The third kappa shape index (κ3) is 8.01. The number of rotatable bonds is 5. The van der Waals surface area contributed by atoms with Gasteiger partial charge in [0.05, 0.1) is 0 Å². The maximum absolute atomic E-state index is 11.6. The minimum Gasteiger partial charge on any atom is -0.481 e. The van der Waals surface area contributed by atoms with Crippen LogP contribution < -0.4 is 0 Å². The van der Waals surface area contributed by atoms with Crippen molar-refractivity contribution in [2.75, 3.05) is 0 Å². The van der Waals surface area contributed by atoms with Crippen molar-refractivity contribution in [3.05, 3.63) is 11.6 Å². The Labute approximate surface area is 98.9 Å². The van der Waals surface area contributed by atoms with E-state index < -0.39 is 23.5 Å². The molecule has 0 aliphatic rings. The average Bonchev–Trinajstić information content (AvgIpc) is 2.08. The van der Waals surface area contributed by atoms with E-state index in [1.165, 1.54) is 0 Å². The summed E-state index contributed by atoms with van der Waals surface area (Å²) in [4.78, 5) is 32.4. The van der Waals surface area contributed by atoms with Gasteiger partial charge in [0.2, 0.25) is 0 Å². The summed E-state index contributed by atoms with van der Waals surface area (Å²) in [6.07, 6.45) is 0.186. The van der Waals surface area contributed by atoms with Gasteiger partial charge in [-0.25, -0.2) is 9.59 Å². The van der Waals surface area contributed by atoms with Crippen LogP contribution in [0, 0.1) is 0 Å². The monoisotopic (exact) mass is 244 g/mol. The Balaban J connectivity index is 4.75. The van der Waals surface area contributed by atoms with Crippen LogP contribution >= 0.6 is 0 Å². The SMILES string of the molecule is CC(C)(C)OC(=O)/C(=C\C(=O)O)CCC(=O)O. The molecule has 0 aromatic carbocycles. The molecule has 0 radical (unpaired) electrons. The molecule has 96 valence electrons. The Morgan fingerprint density at radius 1 is 1.12 bits per heavy atom. The van der Waals surface area contributed by atoms with Crippen molar-refractivity contribution in [2.45, 2.75) is 39.2 Å². The molecule has 6 heteroatoms. The lowest BCUT2D eigenvalue weighted by Crippen LogP contribution is -2.25. The summed E-state index contributed by atoms with van der Waals surface area (Å²) < 4.78 is 4.97. The summed E-state index contributed by atoms with van der Waals surface area (Å²) in [6, 6.07) is 0. The molecule has 0 rings (SSSR count). The van der Waals surface area contributed by atoms with Crippen molar-refractivity contribution >= 4 is 17.9 Å². The number of ether oxygens (including phenoxy) is 1. The fourth-order valence-corrected chi connectivity index (χ4v) is 0.967. The Morgan fingerprint density at radius 3 is 2.00 bits per heavy atom. The van der Waals surface area contributed by atoms with Crippen LogP contribution in [0.4, 0.5) is 0 Å². The van der Waals surface area contributed by atoms with E-state index in [9.17, 15) is 14.4 Å². The smallest absolute Gasteiger partial charge is 0.334 e. The number of carbonyl (C=O) groups is 3. The topological polar surface area (TPSA) is 101 Å². The molecule has 0 fully saturated rings. The zero-order valence-electron chi connectivity index (χ0n) is 10.0. The number of carboxylic acids is 2. The molecule has 0 unspecified atom stereocenters. The lowest BCUT2D eigenvalue weighted by molar-refractivity contribution is -0.150. The second-order valence-corrected chi connectivity index (χ2v) is 4.40. The third-order valence-electron chi connectivity index (χ3n) is 1.57. The van der Waals surface area contributed by atoms with Gasteiger partial charge in [-0.2, -0.15) is 0 Å². The van der Waals surface area contributed by atoms with Gasteiger partial charge in [0, 0.05) is 18.1 Å². The normalized spacial score (nSPS) is 12.1. The minimum absolute atomic E-state index is 0.158. The first-order valence-electron chi connectivity index (χ1n) is 5.00. The molecule has 2 N–H and O–H groups in total. The molecule has 0 heterocycles. The molecule has 0 spiro atoms. The van der Waals surface area contributed by atoms with E-state index in [0.29, 0.717) is 6.08 Å².